The van der Waals surface area contributed by atoms with Crippen molar-refractivity contribution in [3.05, 3.63) is 33.6 Å². The summed E-state index contributed by atoms with van der Waals surface area (Å²) in [5, 5.41) is 0. The Bertz CT molecular complexity index is 252. The third kappa shape index (κ3) is 9.67. The van der Waals surface area contributed by atoms with Gasteiger partial charge in [0.2, 0.25) is 0 Å². The zero-order valence-corrected chi connectivity index (χ0v) is 16.7. The Morgan fingerprint density at radius 2 is 1.00 bits per heavy atom. The molecular formula is C14H25Cl2NZr. The Hall–Kier alpha value is 0.773. The summed E-state index contributed by atoms with van der Waals surface area (Å²) in [5.41, 5.74) is 14.0. The minimum Gasteiger partial charge on any atom is -1.00 e. The van der Waals surface area contributed by atoms with Gasteiger partial charge in [0, 0.05) is 0 Å². The van der Waals surface area contributed by atoms with Crippen LogP contribution in [0.15, 0.2) is 0 Å². The maximum Gasteiger partial charge on any atom is 4.00 e. The smallest absolute Gasteiger partial charge is 1.00 e. The number of rotatable bonds is 0. The van der Waals surface area contributed by atoms with E-state index in [9.17, 15) is 0 Å². The molecule has 1 nitrogen and oxygen atoms in total. The van der Waals surface area contributed by atoms with E-state index >= 15 is 0 Å². The second-order valence-electron chi connectivity index (χ2n) is 5.38. The van der Waals surface area contributed by atoms with Crippen molar-refractivity contribution in [3.8, 4) is 0 Å². The monoisotopic (exact) mass is 367 g/mol. The molecular weight excluding hydrogens is 344 g/mol. The fourth-order valence-corrected chi connectivity index (χ4v) is 1.41. The molecule has 0 atom stereocenters. The van der Waals surface area contributed by atoms with Gasteiger partial charge >= 0.3 is 26.2 Å². The fourth-order valence-electron chi connectivity index (χ4n) is 1.41. The van der Waals surface area contributed by atoms with E-state index in [2.05, 4.69) is 34.6 Å². The topological polar surface area (TPSA) is 23.8 Å². The van der Waals surface area contributed by atoms with Gasteiger partial charge in [-0.05, 0) is 0 Å². The van der Waals surface area contributed by atoms with Crippen LogP contribution < -0.4 is 24.8 Å². The third-order valence-corrected chi connectivity index (χ3v) is 2.81. The van der Waals surface area contributed by atoms with Crippen molar-refractivity contribution >= 4 is 0 Å². The summed E-state index contributed by atoms with van der Waals surface area (Å²) < 4.78 is 0. The van der Waals surface area contributed by atoms with Gasteiger partial charge in [-0.2, -0.15) is 27.8 Å². The average Bonchev–Trinajstić information content (AvgIpc) is 2.21. The van der Waals surface area contributed by atoms with Crippen molar-refractivity contribution in [2.24, 2.45) is 0 Å². The summed E-state index contributed by atoms with van der Waals surface area (Å²) in [5.74, 6) is 0. The number of halogens is 2. The first kappa shape index (κ1) is 27.2. The number of hydrogen-bond acceptors (Lipinski definition) is 0. The number of nitrogens with one attached hydrogen (secondary N) is 1. The first-order chi connectivity index (χ1) is 6.55. The summed E-state index contributed by atoms with van der Waals surface area (Å²) in [6, 6.07) is 0. The van der Waals surface area contributed by atoms with E-state index in [0.29, 0.717) is 0 Å². The van der Waals surface area contributed by atoms with Crippen LogP contribution in [0.4, 0.5) is 0 Å². The predicted octanol–water partition coefficient (Wildman–Crippen LogP) is -1.21. The molecule has 0 radical (unpaired) electrons. The van der Waals surface area contributed by atoms with E-state index in [4.69, 9.17) is 5.73 Å². The normalized spacial score (nSPS) is 9.17. The molecule has 18 heavy (non-hydrogen) atoms. The second-order valence-corrected chi connectivity index (χ2v) is 5.38. The molecule has 0 saturated heterocycles. The van der Waals surface area contributed by atoms with Crippen LogP contribution in [-0.4, -0.2) is 5.54 Å². The van der Waals surface area contributed by atoms with Crippen molar-refractivity contribution in [3.63, 3.8) is 0 Å². The Morgan fingerprint density at radius 1 is 0.833 bits per heavy atom. The SMILES string of the molecule is CC(C)(C)[NH-].Cc1c(C)c(C)[c-](C)c1C.[Cl-].[Cl-].[Zr+4]. The maximum absolute atomic E-state index is 6.94. The zero-order chi connectivity index (χ0) is 12.4. The summed E-state index contributed by atoms with van der Waals surface area (Å²) in [4.78, 5) is 0. The molecule has 0 bridgehead atoms. The van der Waals surface area contributed by atoms with E-state index in [1.54, 1.807) is 0 Å². The van der Waals surface area contributed by atoms with Gasteiger partial charge in [0.1, 0.15) is 0 Å². The van der Waals surface area contributed by atoms with E-state index in [1.165, 1.54) is 27.8 Å². The summed E-state index contributed by atoms with van der Waals surface area (Å²) in [6.45, 7) is 16.6. The molecule has 0 aromatic heterocycles. The standard InChI is InChI=1S/C10H15.C4H10N.2ClH.Zr/c1-6-7(2)9(4)10(5)8(6)3;1-4(2,3)5;;;/h1-5H3;5H,1-3H3;2*1H;/q2*-1;;;+4/p-2. The van der Waals surface area contributed by atoms with Crippen LogP contribution in [0.25, 0.3) is 5.73 Å². The molecule has 1 N–H and O–H groups in total. The van der Waals surface area contributed by atoms with Gasteiger partial charge < -0.3 is 30.5 Å². The van der Waals surface area contributed by atoms with Crippen LogP contribution in [-0.2, 0) is 26.2 Å². The van der Waals surface area contributed by atoms with Crippen LogP contribution in [0.1, 0.15) is 48.6 Å². The number of hydrogen-bond donors (Lipinski definition) is 0. The fraction of sp³-hybridized carbons (Fsp3) is 0.643. The maximum atomic E-state index is 6.94. The van der Waals surface area contributed by atoms with Gasteiger partial charge in [-0.1, -0.05) is 55.4 Å². The van der Waals surface area contributed by atoms with Gasteiger partial charge in [-0.15, -0.1) is 5.54 Å². The predicted molar refractivity (Wildman–Crippen MR) is 69.8 cm³/mol. The Balaban J connectivity index is -0.000000109. The zero-order valence-electron chi connectivity index (χ0n) is 12.8. The second kappa shape index (κ2) is 10.5. The molecule has 0 aliphatic heterocycles. The molecule has 0 unspecified atom stereocenters. The molecule has 4 heteroatoms. The summed E-state index contributed by atoms with van der Waals surface area (Å²) in [7, 11) is 0. The van der Waals surface area contributed by atoms with Gasteiger partial charge in [0.25, 0.3) is 0 Å². The van der Waals surface area contributed by atoms with Crippen LogP contribution in [0.5, 0.6) is 0 Å². The minimum absolute atomic E-state index is 0. The Morgan fingerprint density at radius 3 is 1.06 bits per heavy atom. The molecule has 0 aliphatic rings. The van der Waals surface area contributed by atoms with Gasteiger partial charge in [-0.25, -0.2) is 0 Å². The van der Waals surface area contributed by atoms with E-state index in [0.717, 1.165) is 0 Å². The molecule has 1 aromatic carbocycles. The van der Waals surface area contributed by atoms with E-state index < -0.39 is 0 Å². The van der Waals surface area contributed by atoms with Crippen molar-refractivity contribution in [1.82, 2.24) is 0 Å². The first-order valence-electron chi connectivity index (χ1n) is 5.50. The Kier molecular flexibility index (Phi) is 15.9. The van der Waals surface area contributed by atoms with Crippen molar-refractivity contribution in [1.29, 1.82) is 0 Å². The van der Waals surface area contributed by atoms with Crippen LogP contribution in [0, 0.1) is 34.6 Å². The quantitative estimate of drug-likeness (QED) is 0.513. The molecule has 0 fully saturated rings. The van der Waals surface area contributed by atoms with Crippen molar-refractivity contribution in [2.75, 3.05) is 0 Å². The molecule has 1 aromatic rings. The van der Waals surface area contributed by atoms with E-state index in [1.807, 2.05) is 20.8 Å². The van der Waals surface area contributed by atoms with Crippen LogP contribution in [0.2, 0.25) is 0 Å². The molecule has 1 rings (SSSR count). The first-order valence-corrected chi connectivity index (χ1v) is 5.50. The van der Waals surface area contributed by atoms with Crippen LogP contribution >= 0.6 is 0 Å². The Labute approximate surface area is 145 Å². The minimum atomic E-state index is -0.250. The largest absolute Gasteiger partial charge is 4.00 e. The average molecular weight is 369 g/mol. The molecule has 0 saturated carbocycles. The van der Waals surface area contributed by atoms with Gasteiger partial charge in [0.15, 0.2) is 0 Å². The van der Waals surface area contributed by atoms with Gasteiger partial charge in [-0.3, -0.25) is 0 Å². The molecule has 0 aliphatic carbocycles. The van der Waals surface area contributed by atoms with E-state index in [-0.39, 0.29) is 56.6 Å². The van der Waals surface area contributed by atoms with Crippen LogP contribution in [0.3, 0.4) is 0 Å². The summed E-state index contributed by atoms with van der Waals surface area (Å²) >= 11 is 0. The van der Waals surface area contributed by atoms with Crippen molar-refractivity contribution in [2.45, 2.75) is 60.9 Å². The molecule has 0 heterocycles. The molecule has 104 valence electrons. The molecule has 0 spiro atoms. The summed E-state index contributed by atoms with van der Waals surface area (Å²) in [6.07, 6.45) is 0. The molecule has 0 amide bonds. The van der Waals surface area contributed by atoms with Crippen molar-refractivity contribution < 1.29 is 51.0 Å². The van der Waals surface area contributed by atoms with Gasteiger partial charge in [0.05, 0.1) is 0 Å². The third-order valence-electron chi connectivity index (χ3n) is 2.81.